The fraction of sp³-hybridized carbons (Fsp3) is 0.143. The minimum atomic E-state index is 0.398. The second-order valence-corrected chi connectivity index (χ2v) is 4.48. The first-order chi connectivity index (χ1) is 9.83. The van der Waals surface area contributed by atoms with E-state index in [0.29, 0.717) is 24.9 Å². The van der Waals surface area contributed by atoms with Crippen molar-refractivity contribution in [3.8, 4) is 17.2 Å². The molecule has 1 aromatic carbocycles. The molecule has 0 saturated heterocycles. The van der Waals surface area contributed by atoms with Crippen LogP contribution in [0.1, 0.15) is 0 Å². The molecule has 0 bridgehead atoms. The van der Waals surface area contributed by atoms with Gasteiger partial charge in [-0.3, -0.25) is 4.57 Å². The fourth-order valence-electron chi connectivity index (χ4n) is 2.36. The van der Waals surface area contributed by atoms with Gasteiger partial charge in [-0.2, -0.15) is 0 Å². The molecule has 6 nitrogen and oxygen atoms in total. The quantitative estimate of drug-likeness (QED) is 0.728. The molecule has 4 rings (SSSR count). The minimum Gasteiger partial charge on any atom is -0.486 e. The average molecular weight is 268 g/mol. The number of aromatic nitrogens is 3. The number of rotatable bonds is 1. The third-order valence-corrected chi connectivity index (χ3v) is 3.23. The van der Waals surface area contributed by atoms with Gasteiger partial charge in [-0.15, -0.1) is 0 Å². The number of nitrogens with two attached hydrogens (primary N) is 1. The van der Waals surface area contributed by atoms with E-state index in [1.165, 1.54) is 0 Å². The SMILES string of the molecule is Nc1nc2cccnc2n1-c1ccc2c(c1)OCCO2. The van der Waals surface area contributed by atoms with E-state index >= 15 is 0 Å². The summed E-state index contributed by atoms with van der Waals surface area (Å²) < 4.78 is 12.9. The van der Waals surface area contributed by atoms with E-state index in [1.807, 2.05) is 30.3 Å². The van der Waals surface area contributed by atoms with Gasteiger partial charge < -0.3 is 15.2 Å². The molecule has 20 heavy (non-hydrogen) atoms. The summed E-state index contributed by atoms with van der Waals surface area (Å²) in [6, 6.07) is 9.40. The zero-order valence-corrected chi connectivity index (χ0v) is 10.6. The zero-order valence-electron chi connectivity index (χ0n) is 10.6. The van der Waals surface area contributed by atoms with Crippen LogP contribution in [0, 0.1) is 0 Å². The molecule has 1 aliphatic rings. The van der Waals surface area contributed by atoms with Gasteiger partial charge in [-0.05, 0) is 24.3 Å². The number of pyridine rings is 1. The molecule has 2 aromatic heterocycles. The Labute approximate surface area is 114 Å². The predicted octanol–water partition coefficient (Wildman–Crippen LogP) is 1.77. The Morgan fingerprint density at radius 1 is 1.10 bits per heavy atom. The van der Waals surface area contributed by atoms with Gasteiger partial charge in [0.15, 0.2) is 17.1 Å². The van der Waals surface area contributed by atoms with Gasteiger partial charge >= 0.3 is 0 Å². The van der Waals surface area contributed by atoms with Crippen molar-refractivity contribution in [2.45, 2.75) is 0 Å². The monoisotopic (exact) mass is 268 g/mol. The molecule has 0 aliphatic carbocycles. The van der Waals surface area contributed by atoms with Crippen LogP contribution < -0.4 is 15.2 Å². The van der Waals surface area contributed by atoms with Gasteiger partial charge in [0.25, 0.3) is 0 Å². The summed E-state index contributed by atoms with van der Waals surface area (Å²) in [6.45, 7) is 1.12. The molecule has 1 aliphatic heterocycles. The van der Waals surface area contributed by atoms with Crippen molar-refractivity contribution in [1.82, 2.24) is 14.5 Å². The van der Waals surface area contributed by atoms with Crippen LogP contribution in [0.2, 0.25) is 0 Å². The number of hydrogen-bond acceptors (Lipinski definition) is 5. The van der Waals surface area contributed by atoms with Crippen molar-refractivity contribution in [3.05, 3.63) is 36.5 Å². The molecule has 0 atom stereocenters. The summed E-state index contributed by atoms with van der Waals surface area (Å²) in [5.74, 6) is 1.86. The fourth-order valence-corrected chi connectivity index (χ4v) is 2.36. The topological polar surface area (TPSA) is 75.2 Å². The molecule has 6 heteroatoms. The number of fused-ring (bicyclic) bond motifs is 2. The highest BCUT2D eigenvalue weighted by Crippen LogP contribution is 2.33. The van der Waals surface area contributed by atoms with Crippen LogP contribution in [-0.4, -0.2) is 27.7 Å². The lowest BCUT2D eigenvalue weighted by Gasteiger charge is -2.19. The van der Waals surface area contributed by atoms with Gasteiger partial charge in [0.2, 0.25) is 5.95 Å². The van der Waals surface area contributed by atoms with Crippen LogP contribution >= 0.6 is 0 Å². The van der Waals surface area contributed by atoms with Crippen molar-refractivity contribution in [2.75, 3.05) is 18.9 Å². The summed E-state index contributed by atoms with van der Waals surface area (Å²) >= 11 is 0. The van der Waals surface area contributed by atoms with Gasteiger partial charge in [0.1, 0.15) is 18.7 Å². The first-order valence-corrected chi connectivity index (χ1v) is 6.32. The number of nitrogens with zero attached hydrogens (tertiary/aromatic N) is 3. The summed E-state index contributed by atoms with van der Waals surface area (Å²) in [5.41, 5.74) is 8.34. The summed E-state index contributed by atoms with van der Waals surface area (Å²) in [5, 5.41) is 0. The van der Waals surface area contributed by atoms with Crippen molar-refractivity contribution in [3.63, 3.8) is 0 Å². The molecular formula is C14H12N4O2. The highest BCUT2D eigenvalue weighted by atomic mass is 16.6. The summed E-state index contributed by atoms with van der Waals surface area (Å²) in [6.07, 6.45) is 1.72. The van der Waals surface area contributed by atoms with Crippen LogP contribution in [0.5, 0.6) is 11.5 Å². The largest absolute Gasteiger partial charge is 0.486 e. The highest BCUT2D eigenvalue weighted by Gasteiger charge is 2.15. The lowest BCUT2D eigenvalue weighted by atomic mass is 10.2. The number of anilines is 1. The predicted molar refractivity (Wildman–Crippen MR) is 74.3 cm³/mol. The van der Waals surface area contributed by atoms with Crippen LogP contribution in [-0.2, 0) is 0 Å². The number of imidazole rings is 1. The zero-order chi connectivity index (χ0) is 13.5. The van der Waals surface area contributed by atoms with Crippen LogP contribution in [0.4, 0.5) is 5.95 Å². The van der Waals surface area contributed by atoms with E-state index in [9.17, 15) is 0 Å². The molecule has 0 fully saturated rings. The molecular weight excluding hydrogens is 256 g/mol. The maximum absolute atomic E-state index is 6.00. The maximum atomic E-state index is 6.00. The Kier molecular flexibility index (Phi) is 2.29. The maximum Gasteiger partial charge on any atom is 0.207 e. The Hall–Kier alpha value is -2.76. The van der Waals surface area contributed by atoms with Crippen LogP contribution in [0.15, 0.2) is 36.5 Å². The Bertz CT molecular complexity index is 797. The van der Waals surface area contributed by atoms with Crippen molar-refractivity contribution in [2.24, 2.45) is 0 Å². The van der Waals surface area contributed by atoms with E-state index in [2.05, 4.69) is 9.97 Å². The molecule has 0 saturated carbocycles. The lowest BCUT2D eigenvalue weighted by molar-refractivity contribution is 0.171. The van der Waals surface area contributed by atoms with Crippen LogP contribution in [0.25, 0.3) is 16.9 Å². The number of hydrogen-bond donors (Lipinski definition) is 1. The molecule has 2 N–H and O–H groups in total. The van der Waals surface area contributed by atoms with Gasteiger partial charge in [-0.25, -0.2) is 9.97 Å². The number of benzene rings is 1. The van der Waals surface area contributed by atoms with E-state index < -0.39 is 0 Å². The Balaban J connectivity index is 1.93. The lowest BCUT2D eigenvalue weighted by Crippen LogP contribution is -2.15. The molecule has 0 unspecified atom stereocenters. The van der Waals surface area contributed by atoms with Crippen molar-refractivity contribution >= 4 is 17.1 Å². The highest BCUT2D eigenvalue weighted by molar-refractivity contribution is 5.77. The standard InChI is InChI=1S/C14H12N4O2/c15-14-17-10-2-1-5-16-13(10)18(14)9-3-4-11-12(8-9)20-7-6-19-11/h1-5,8H,6-7H2,(H2,15,17). The van der Waals surface area contributed by atoms with E-state index in [-0.39, 0.29) is 0 Å². The molecule has 3 aromatic rings. The van der Waals surface area contributed by atoms with Gasteiger partial charge in [0, 0.05) is 12.3 Å². The van der Waals surface area contributed by atoms with Crippen molar-refractivity contribution < 1.29 is 9.47 Å². The van der Waals surface area contributed by atoms with Gasteiger partial charge in [0.05, 0.1) is 5.69 Å². The second kappa shape index (κ2) is 4.12. The summed E-state index contributed by atoms with van der Waals surface area (Å²) in [7, 11) is 0. The smallest absolute Gasteiger partial charge is 0.207 e. The van der Waals surface area contributed by atoms with E-state index in [1.54, 1.807) is 10.8 Å². The third kappa shape index (κ3) is 1.58. The average Bonchev–Trinajstić information content (AvgIpc) is 2.82. The molecule has 0 spiro atoms. The molecule has 0 radical (unpaired) electrons. The van der Waals surface area contributed by atoms with Crippen LogP contribution in [0.3, 0.4) is 0 Å². The van der Waals surface area contributed by atoms with Gasteiger partial charge in [-0.1, -0.05) is 0 Å². The van der Waals surface area contributed by atoms with E-state index in [4.69, 9.17) is 15.2 Å². The first-order valence-electron chi connectivity index (χ1n) is 6.32. The molecule has 0 amide bonds. The minimum absolute atomic E-state index is 0.398. The Morgan fingerprint density at radius 3 is 2.85 bits per heavy atom. The second-order valence-electron chi connectivity index (χ2n) is 4.48. The van der Waals surface area contributed by atoms with Crippen molar-refractivity contribution in [1.29, 1.82) is 0 Å². The number of nitrogen functional groups attached to an aromatic ring is 1. The summed E-state index contributed by atoms with van der Waals surface area (Å²) in [4.78, 5) is 8.65. The molecule has 3 heterocycles. The molecule has 100 valence electrons. The normalized spacial score (nSPS) is 13.6. The number of ether oxygens (including phenoxy) is 2. The first kappa shape index (κ1) is 11.1. The third-order valence-electron chi connectivity index (χ3n) is 3.23. The Morgan fingerprint density at radius 2 is 1.95 bits per heavy atom. The van der Waals surface area contributed by atoms with E-state index in [0.717, 1.165) is 22.6 Å².